The van der Waals surface area contributed by atoms with Crippen LogP contribution in [-0.2, 0) is 4.79 Å². The summed E-state index contributed by atoms with van der Waals surface area (Å²) in [4.78, 5) is 13.2. The van der Waals surface area contributed by atoms with Crippen molar-refractivity contribution in [3.8, 4) is 0 Å². The third-order valence-corrected chi connectivity index (χ3v) is 3.83. The Hall–Kier alpha value is -1.74. The molecule has 0 bridgehead atoms. The van der Waals surface area contributed by atoms with Crippen LogP contribution < -0.4 is 0 Å². The van der Waals surface area contributed by atoms with Gasteiger partial charge in [-0.25, -0.2) is 0 Å². The average molecular weight is 258 g/mol. The van der Waals surface area contributed by atoms with E-state index >= 15 is 0 Å². The molecule has 18 heavy (non-hydrogen) atoms. The molecule has 0 saturated heterocycles. The predicted octanol–water partition coefficient (Wildman–Crippen LogP) is 4.03. The van der Waals surface area contributed by atoms with E-state index in [2.05, 4.69) is 0 Å². The van der Waals surface area contributed by atoms with Gasteiger partial charge in [-0.1, -0.05) is 48.2 Å². The minimum atomic E-state index is -0.795. The lowest BCUT2D eigenvalue weighted by Gasteiger charge is -2.12. The fourth-order valence-corrected chi connectivity index (χ4v) is 2.74. The summed E-state index contributed by atoms with van der Waals surface area (Å²) in [5.74, 6) is -1.28. The number of rotatable bonds is 4. The maximum atomic E-state index is 11.1. The quantitative estimate of drug-likeness (QED) is 0.899. The van der Waals surface area contributed by atoms with Crippen molar-refractivity contribution in [1.82, 2.24) is 0 Å². The molecule has 3 heteroatoms. The Balaban J connectivity index is 2.31. The van der Waals surface area contributed by atoms with E-state index in [1.807, 2.05) is 54.6 Å². The molecule has 2 aromatic rings. The third kappa shape index (κ3) is 2.93. The first-order chi connectivity index (χ1) is 8.68. The summed E-state index contributed by atoms with van der Waals surface area (Å²) in [6.07, 6.45) is 0. The lowest BCUT2D eigenvalue weighted by molar-refractivity contribution is -0.138. The van der Waals surface area contributed by atoms with Gasteiger partial charge >= 0.3 is 5.97 Å². The van der Waals surface area contributed by atoms with Gasteiger partial charge in [0, 0.05) is 9.79 Å². The SMILES string of the molecule is C[C@@H](C(=O)O)c1ccccc1Sc1ccccc1. The Morgan fingerprint density at radius 3 is 2.33 bits per heavy atom. The molecule has 2 rings (SSSR count). The van der Waals surface area contributed by atoms with E-state index in [1.165, 1.54) is 0 Å². The first kappa shape index (κ1) is 12.7. The Bertz CT molecular complexity index is 537. The van der Waals surface area contributed by atoms with E-state index in [-0.39, 0.29) is 0 Å². The summed E-state index contributed by atoms with van der Waals surface area (Å²) in [7, 11) is 0. The first-order valence-corrected chi connectivity index (χ1v) is 6.55. The lowest BCUT2D eigenvalue weighted by atomic mass is 10.0. The summed E-state index contributed by atoms with van der Waals surface area (Å²) >= 11 is 1.60. The van der Waals surface area contributed by atoms with Crippen LogP contribution in [0.3, 0.4) is 0 Å². The fourth-order valence-electron chi connectivity index (χ4n) is 1.68. The molecule has 2 nitrogen and oxygen atoms in total. The van der Waals surface area contributed by atoms with Crippen LogP contribution in [0.2, 0.25) is 0 Å². The molecule has 0 heterocycles. The number of hydrogen-bond acceptors (Lipinski definition) is 2. The van der Waals surface area contributed by atoms with Gasteiger partial charge in [-0.15, -0.1) is 0 Å². The van der Waals surface area contributed by atoms with E-state index in [0.29, 0.717) is 0 Å². The molecule has 0 aliphatic carbocycles. The largest absolute Gasteiger partial charge is 0.481 e. The van der Waals surface area contributed by atoms with E-state index in [0.717, 1.165) is 15.4 Å². The molecule has 1 N–H and O–H groups in total. The maximum absolute atomic E-state index is 11.1. The van der Waals surface area contributed by atoms with Crippen molar-refractivity contribution in [1.29, 1.82) is 0 Å². The van der Waals surface area contributed by atoms with Crippen molar-refractivity contribution in [2.45, 2.75) is 22.6 Å². The van der Waals surface area contributed by atoms with Crippen molar-refractivity contribution >= 4 is 17.7 Å². The van der Waals surface area contributed by atoms with Crippen LogP contribution in [0.5, 0.6) is 0 Å². The number of benzene rings is 2. The van der Waals surface area contributed by atoms with Gasteiger partial charge in [0.1, 0.15) is 0 Å². The van der Waals surface area contributed by atoms with Crippen LogP contribution in [0.4, 0.5) is 0 Å². The summed E-state index contributed by atoms with van der Waals surface area (Å²) in [6.45, 7) is 1.72. The number of carbonyl (C=O) groups is 1. The van der Waals surface area contributed by atoms with Crippen LogP contribution in [0, 0.1) is 0 Å². The standard InChI is InChI=1S/C15H14O2S/c1-11(15(16)17)13-9-5-6-10-14(13)18-12-7-3-2-4-8-12/h2-11H,1H3,(H,16,17)/t11-/m1/s1. The van der Waals surface area contributed by atoms with E-state index < -0.39 is 11.9 Å². The van der Waals surface area contributed by atoms with Gasteiger partial charge in [0.2, 0.25) is 0 Å². The van der Waals surface area contributed by atoms with Crippen molar-refractivity contribution in [2.75, 3.05) is 0 Å². The highest BCUT2D eigenvalue weighted by molar-refractivity contribution is 7.99. The Labute approximate surface area is 111 Å². The van der Waals surface area contributed by atoms with Gasteiger partial charge in [-0.2, -0.15) is 0 Å². The summed E-state index contributed by atoms with van der Waals surface area (Å²) in [5, 5.41) is 9.12. The van der Waals surface area contributed by atoms with Gasteiger partial charge in [0.05, 0.1) is 5.92 Å². The zero-order valence-electron chi connectivity index (χ0n) is 10.0. The predicted molar refractivity (Wildman–Crippen MR) is 73.1 cm³/mol. The zero-order valence-corrected chi connectivity index (χ0v) is 10.9. The highest BCUT2D eigenvalue weighted by Crippen LogP contribution is 2.33. The summed E-state index contributed by atoms with van der Waals surface area (Å²) in [6, 6.07) is 17.6. The first-order valence-electron chi connectivity index (χ1n) is 5.73. The number of aliphatic carboxylic acids is 1. The fraction of sp³-hybridized carbons (Fsp3) is 0.133. The molecule has 0 amide bonds. The molecule has 0 saturated carbocycles. The second-order valence-electron chi connectivity index (χ2n) is 4.01. The van der Waals surface area contributed by atoms with E-state index in [9.17, 15) is 4.79 Å². The van der Waals surface area contributed by atoms with E-state index in [4.69, 9.17) is 5.11 Å². The van der Waals surface area contributed by atoms with Gasteiger partial charge in [-0.3, -0.25) is 4.79 Å². The molecule has 0 aliphatic heterocycles. The molecule has 0 spiro atoms. The average Bonchev–Trinajstić information content (AvgIpc) is 2.39. The molecule has 1 atom stereocenters. The second kappa shape index (κ2) is 5.74. The van der Waals surface area contributed by atoms with Crippen molar-refractivity contribution < 1.29 is 9.90 Å². The summed E-state index contributed by atoms with van der Waals surface area (Å²) < 4.78 is 0. The lowest BCUT2D eigenvalue weighted by Crippen LogP contribution is -2.08. The van der Waals surface area contributed by atoms with Crippen molar-refractivity contribution in [2.24, 2.45) is 0 Å². The molecule has 0 unspecified atom stereocenters. The molecule has 0 aliphatic rings. The molecule has 2 aromatic carbocycles. The highest BCUT2D eigenvalue weighted by Gasteiger charge is 2.17. The third-order valence-electron chi connectivity index (χ3n) is 2.73. The van der Waals surface area contributed by atoms with Gasteiger partial charge in [0.25, 0.3) is 0 Å². The number of carboxylic acids is 1. The Morgan fingerprint density at radius 1 is 1.06 bits per heavy atom. The van der Waals surface area contributed by atoms with Crippen molar-refractivity contribution in [3.05, 3.63) is 60.2 Å². The Kier molecular flexibility index (Phi) is 4.05. The van der Waals surface area contributed by atoms with Gasteiger partial charge in [-0.05, 0) is 30.7 Å². The van der Waals surface area contributed by atoms with Gasteiger partial charge < -0.3 is 5.11 Å². The molecular weight excluding hydrogens is 244 g/mol. The monoisotopic (exact) mass is 258 g/mol. The number of carboxylic acid groups (broad SMARTS) is 1. The van der Waals surface area contributed by atoms with Gasteiger partial charge in [0.15, 0.2) is 0 Å². The molecule has 92 valence electrons. The van der Waals surface area contributed by atoms with Crippen LogP contribution in [0.15, 0.2) is 64.4 Å². The molecule has 0 fully saturated rings. The zero-order chi connectivity index (χ0) is 13.0. The van der Waals surface area contributed by atoms with Crippen LogP contribution >= 0.6 is 11.8 Å². The Morgan fingerprint density at radius 2 is 1.67 bits per heavy atom. The molecular formula is C15H14O2S. The smallest absolute Gasteiger partial charge is 0.310 e. The highest BCUT2D eigenvalue weighted by atomic mass is 32.2. The number of hydrogen-bond donors (Lipinski definition) is 1. The van der Waals surface area contributed by atoms with Crippen LogP contribution in [0.1, 0.15) is 18.4 Å². The minimum absolute atomic E-state index is 0.489. The topological polar surface area (TPSA) is 37.3 Å². The van der Waals surface area contributed by atoms with Crippen LogP contribution in [0.25, 0.3) is 0 Å². The molecule has 0 aromatic heterocycles. The van der Waals surface area contributed by atoms with E-state index in [1.54, 1.807) is 18.7 Å². The second-order valence-corrected chi connectivity index (χ2v) is 5.13. The van der Waals surface area contributed by atoms with Crippen LogP contribution in [-0.4, -0.2) is 11.1 Å². The maximum Gasteiger partial charge on any atom is 0.310 e. The minimum Gasteiger partial charge on any atom is -0.481 e. The summed E-state index contributed by atoms with van der Waals surface area (Å²) in [5.41, 5.74) is 0.860. The molecule has 0 radical (unpaired) electrons. The normalized spacial score (nSPS) is 12.1. The van der Waals surface area contributed by atoms with Crippen molar-refractivity contribution in [3.63, 3.8) is 0 Å².